The molecule has 0 bridgehead atoms. The zero-order chi connectivity index (χ0) is 21.3. The van der Waals surface area contributed by atoms with Crippen LogP contribution in [-0.2, 0) is 16.4 Å². The van der Waals surface area contributed by atoms with E-state index in [0.29, 0.717) is 22.2 Å². The molecule has 1 N–H and O–H groups in total. The van der Waals surface area contributed by atoms with Gasteiger partial charge in [0.15, 0.2) is 5.65 Å². The molecule has 0 saturated heterocycles. The van der Waals surface area contributed by atoms with Crippen molar-refractivity contribution in [1.29, 1.82) is 0 Å². The van der Waals surface area contributed by atoms with Crippen molar-refractivity contribution in [2.75, 3.05) is 7.05 Å². The predicted molar refractivity (Wildman–Crippen MR) is 118 cm³/mol. The third-order valence-corrected chi connectivity index (χ3v) is 6.44. The lowest BCUT2D eigenvalue weighted by Crippen LogP contribution is -2.18. The normalized spacial score (nSPS) is 11.7. The summed E-state index contributed by atoms with van der Waals surface area (Å²) in [7, 11) is -2.17. The van der Waals surface area contributed by atoms with E-state index in [1.807, 2.05) is 53.9 Å². The first-order chi connectivity index (χ1) is 14.4. The van der Waals surface area contributed by atoms with E-state index >= 15 is 0 Å². The monoisotopic (exact) mass is 441 g/mol. The summed E-state index contributed by atoms with van der Waals surface area (Å²) in [5.41, 5.74) is 3.52. The highest BCUT2D eigenvalue weighted by atomic mass is 35.5. The Balaban J connectivity index is 1.74. The standard InChI is InChI=1S/C22H20ClN3O3S/c1-3-20-21(26-12-6-11-19(23)22(26)25-20)15-7-4-8-16(13-15)29-17-9-5-10-18(14-17)30(27,28)24-2/h4-14,24H,3H2,1-2H3. The summed E-state index contributed by atoms with van der Waals surface area (Å²) >= 11 is 6.33. The summed E-state index contributed by atoms with van der Waals surface area (Å²) in [5, 5.41) is 0.591. The Morgan fingerprint density at radius 1 is 1.07 bits per heavy atom. The zero-order valence-corrected chi connectivity index (χ0v) is 18.0. The molecule has 0 atom stereocenters. The van der Waals surface area contributed by atoms with Gasteiger partial charge in [0.25, 0.3) is 0 Å². The molecule has 4 aromatic rings. The van der Waals surface area contributed by atoms with Crippen molar-refractivity contribution < 1.29 is 13.2 Å². The van der Waals surface area contributed by atoms with Crippen LogP contribution < -0.4 is 9.46 Å². The molecule has 8 heteroatoms. The molecule has 0 aliphatic carbocycles. The topological polar surface area (TPSA) is 72.7 Å². The fraction of sp³-hybridized carbons (Fsp3) is 0.136. The van der Waals surface area contributed by atoms with Crippen LogP contribution in [0.1, 0.15) is 12.6 Å². The van der Waals surface area contributed by atoms with Crippen LogP contribution in [0.25, 0.3) is 16.9 Å². The second kappa shape index (κ2) is 8.10. The summed E-state index contributed by atoms with van der Waals surface area (Å²) in [5.74, 6) is 1.02. The lowest BCUT2D eigenvalue weighted by atomic mass is 10.1. The van der Waals surface area contributed by atoms with E-state index < -0.39 is 10.0 Å². The molecule has 30 heavy (non-hydrogen) atoms. The minimum atomic E-state index is -3.55. The molecule has 0 amide bonds. The van der Waals surface area contributed by atoms with E-state index in [4.69, 9.17) is 16.3 Å². The summed E-state index contributed by atoms with van der Waals surface area (Å²) in [6.45, 7) is 2.05. The van der Waals surface area contributed by atoms with E-state index in [9.17, 15) is 8.42 Å². The number of rotatable bonds is 6. The van der Waals surface area contributed by atoms with Gasteiger partial charge in [-0.15, -0.1) is 0 Å². The third kappa shape index (κ3) is 3.79. The highest BCUT2D eigenvalue weighted by Crippen LogP contribution is 2.32. The first-order valence-corrected chi connectivity index (χ1v) is 11.3. The first kappa shape index (κ1) is 20.4. The molecule has 6 nitrogen and oxygen atoms in total. The lowest BCUT2D eigenvalue weighted by Gasteiger charge is -2.10. The van der Waals surface area contributed by atoms with Gasteiger partial charge < -0.3 is 4.74 Å². The minimum absolute atomic E-state index is 0.142. The number of nitrogens with one attached hydrogen (secondary N) is 1. The Hall–Kier alpha value is -2.87. The number of imidazole rings is 1. The molecule has 0 spiro atoms. The number of pyridine rings is 1. The van der Waals surface area contributed by atoms with Crippen molar-refractivity contribution >= 4 is 27.3 Å². The molecular formula is C22H20ClN3O3S. The number of aryl methyl sites for hydroxylation is 1. The van der Waals surface area contributed by atoms with Crippen LogP contribution in [0.4, 0.5) is 0 Å². The molecule has 0 unspecified atom stereocenters. The van der Waals surface area contributed by atoms with Gasteiger partial charge in [-0.25, -0.2) is 18.1 Å². The van der Waals surface area contributed by atoms with Crippen molar-refractivity contribution in [2.24, 2.45) is 0 Å². The van der Waals surface area contributed by atoms with Gasteiger partial charge in [-0.3, -0.25) is 4.40 Å². The molecule has 2 heterocycles. The number of sulfonamides is 1. The zero-order valence-electron chi connectivity index (χ0n) is 16.5. The van der Waals surface area contributed by atoms with Gasteiger partial charge in [0.05, 0.1) is 21.3 Å². The highest BCUT2D eigenvalue weighted by molar-refractivity contribution is 7.89. The Bertz CT molecular complexity index is 1330. The average molecular weight is 442 g/mol. The maximum atomic E-state index is 12.1. The Kier molecular flexibility index (Phi) is 5.51. The number of hydrogen-bond donors (Lipinski definition) is 1. The molecule has 0 radical (unpaired) electrons. The van der Waals surface area contributed by atoms with E-state index in [-0.39, 0.29) is 4.90 Å². The summed E-state index contributed by atoms with van der Waals surface area (Å²) in [6.07, 6.45) is 2.69. The molecule has 2 aromatic carbocycles. The second-order valence-corrected chi connectivity index (χ2v) is 8.92. The van der Waals surface area contributed by atoms with Gasteiger partial charge in [-0.05, 0) is 49.9 Å². The highest BCUT2D eigenvalue weighted by Gasteiger charge is 2.16. The third-order valence-electron chi connectivity index (χ3n) is 4.74. The van der Waals surface area contributed by atoms with Crippen LogP contribution in [0.3, 0.4) is 0 Å². The smallest absolute Gasteiger partial charge is 0.240 e. The Morgan fingerprint density at radius 2 is 1.80 bits per heavy atom. The van der Waals surface area contributed by atoms with Crippen molar-refractivity contribution in [3.63, 3.8) is 0 Å². The largest absolute Gasteiger partial charge is 0.457 e. The summed E-state index contributed by atoms with van der Waals surface area (Å²) in [4.78, 5) is 4.83. The van der Waals surface area contributed by atoms with Crippen LogP contribution in [0.5, 0.6) is 11.5 Å². The van der Waals surface area contributed by atoms with Gasteiger partial charge in [0, 0.05) is 17.8 Å². The van der Waals surface area contributed by atoms with Crippen molar-refractivity contribution in [3.8, 4) is 22.8 Å². The number of fused-ring (bicyclic) bond motifs is 1. The average Bonchev–Trinajstić information content (AvgIpc) is 3.14. The van der Waals surface area contributed by atoms with Crippen LogP contribution in [0.2, 0.25) is 5.02 Å². The van der Waals surface area contributed by atoms with E-state index in [0.717, 1.165) is 23.4 Å². The SMILES string of the molecule is CCc1nc2c(Cl)cccn2c1-c1cccc(Oc2cccc(S(=O)(=O)NC)c2)c1. The van der Waals surface area contributed by atoms with Crippen molar-refractivity contribution in [3.05, 3.63) is 77.6 Å². The quantitative estimate of drug-likeness (QED) is 0.461. The molecule has 154 valence electrons. The van der Waals surface area contributed by atoms with Gasteiger partial charge >= 0.3 is 0 Å². The van der Waals surface area contributed by atoms with Gasteiger partial charge in [0.1, 0.15) is 11.5 Å². The molecule has 4 rings (SSSR count). The Labute approximate surface area is 180 Å². The summed E-state index contributed by atoms with van der Waals surface area (Å²) < 4.78 is 34.3. The van der Waals surface area contributed by atoms with Crippen LogP contribution in [0.15, 0.2) is 71.8 Å². The minimum Gasteiger partial charge on any atom is -0.457 e. The van der Waals surface area contributed by atoms with Crippen LogP contribution >= 0.6 is 11.6 Å². The number of ether oxygens (including phenoxy) is 1. The van der Waals surface area contributed by atoms with Crippen molar-refractivity contribution in [2.45, 2.75) is 18.2 Å². The fourth-order valence-corrected chi connectivity index (χ4v) is 4.27. The second-order valence-electron chi connectivity index (χ2n) is 6.62. The van der Waals surface area contributed by atoms with Crippen molar-refractivity contribution in [1.82, 2.24) is 14.1 Å². The molecule has 0 saturated carbocycles. The van der Waals surface area contributed by atoms with Gasteiger partial charge in [0.2, 0.25) is 10.0 Å². The maximum absolute atomic E-state index is 12.1. The van der Waals surface area contributed by atoms with Gasteiger partial charge in [-0.2, -0.15) is 0 Å². The fourth-order valence-electron chi connectivity index (χ4n) is 3.30. The first-order valence-electron chi connectivity index (χ1n) is 9.40. The van der Waals surface area contributed by atoms with E-state index in [2.05, 4.69) is 9.71 Å². The lowest BCUT2D eigenvalue weighted by molar-refractivity contribution is 0.481. The van der Waals surface area contributed by atoms with E-state index in [1.165, 1.54) is 19.2 Å². The summed E-state index contributed by atoms with van der Waals surface area (Å²) in [6, 6.07) is 17.7. The van der Waals surface area contributed by atoms with E-state index in [1.54, 1.807) is 12.1 Å². The van der Waals surface area contributed by atoms with Crippen LogP contribution in [-0.4, -0.2) is 24.9 Å². The predicted octanol–water partition coefficient (Wildman–Crippen LogP) is 4.92. The van der Waals surface area contributed by atoms with Gasteiger partial charge in [-0.1, -0.05) is 36.7 Å². The van der Waals surface area contributed by atoms with Crippen LogP contribution in [0, 0.1) is 0 Å². The molecule has 0 aliphatic heterocycles. The number of hydrogen-bond acceptors (Lipinski definition) is 4. The number of benzene rings is 2. The number of nitrogens with zero attached hydrogens (tertiary/aromatic N) is 2. The Morgan fingerprint density at radius 3 is 2.53 bits per heavy atom. The molecule has 0 fully saturated rings. The molecular weight excluding hydrogens is 422 g/mol. The number of aromatic nitrogens is 2. The maximum Gasteiger partial charge on any atom is 0.240 e. The molecule has 0 aliphatic rings. The molecule has 2 aromatic heterocycles. The number of halogens is 1.